The molecule has 0 radical (unpaired) electrons. The van der Waals surface area contributed by atoms with Gasteiger partial charge >= 0.3 is 0 Å². The Bertz CT molecular complexity index is 445. The maximum absolute atomic E-state index is 11.1. The van der Waals surface area contributed by atoms with Crippen LogP contribution in [-0.4, -0.2) is 30.6 Å². The summed E-state index contributed by atoms with van der Waals surface area (Å²) in [6.45, 7) is 1.49. The van der Waals surface area contributed by atoms with Crippen molar-refractivity contribution in [1.82, 2.24) is 0 Å². The fourth-order valence-corrected chi connectivity index (χ4v) is 3.26. The molecule has 1 aliphatic heterocycles. The number of benzene rings is 1. The maximum Gasteiger partial charge on any atom is 0.221 e. The second kappa shape index (κ2) is 6.70. The molecule has 1 amide bonds. The van der Waals surface area contributed by atoms with Crippen LogP contribution in [0, 0.1) is 0 Å². The van der Waals surface area contributed by atoms with Gasteiger partial charge in [0.05, 0.1) is 12.8 Å². The van der Waals surface area contributed by atoms with E-state index in [2.05, 4.69) is 10.6 Å². The van der Waals surface area contributed by atoms with E-state index in [1.807, 2.05) is 30.0 Å². The van der Waals surface area contributed by atoms with Gasteiger partial charge in [0.25, 0.3) is 0 Å². The third-order valence-corrected chi connectivity index (χ3v) is 4.15. The zero-order valence-corrected chi connectivity index (χ0v) is 12.2. The first-order valence-corrected chi connectivity index (χ1v) is 7.64. The van der Waals surface area contributed by atoms with Crippen molar-refractivity contribution >= 4 is 29.0 Å². The van der Waals surface area contributed by atoms with Gasteiger partial charge in [-0.15, -0.1) is 0 Å². The van der Waals surface area contributed by atoms with Crippen LogP contribution in [0.15, 0.2) is 18.2 Å². The van der Waals surface area contributed by atoms with Crippen molar-refractivity contribution in [1.29, 1.82) is 0 Å². The van der Waals surface area contributed by atoms with Gasteiger partial charge in [-0.05, 0) is 36.5 Å². The van der Waals surface area contributed by atoms with Crippen molar-refractivity contribution in [2.45, 2.75) is 25.8 Å². The van der Waals surface area contributed by atoms with Gasteiger partial charge in [0.2, 0.25) is 5.91 Å². The van der Waals surface area contributed by atoms with Crippen LogP contribution in [0.5, 0.6) is 5.75 Å². The molecule has 104 valence electrons. The Kier molecular flexibility index (Phi) is 4.96. The maximum atomic E-state index is 11.1. The molecule has 0 unspecified atom stereocenters. The van der Waals surface area contributed by atoms with E-state index >= 15 is 0 Å². The zero-order valence-electron chi connectivity index (χ0n) is 11.4. The van der Waals surface area contributed by atoms with E-state index in [1.54, 1.807) is 7.11 Å². The van der Waals surface area contributed by atoms with Gasteiger partial charge < -0.3 is 15.4 Å². The second-order valence-electron chi connectivity index (χ2n) is 4.63. The highest BCUT2D eigenvalue weighted by atomic mass is 32.2. The lowest BCUT2D eigenvalue weighted by molar-refractivity contribution is -0.114. The summed E-state index contributed by atoms with van der Waals surface area (Å²) in [6.07, 6.45) is 2.39. The van der Waals surface area contributed by atoms with Crippen molar-refractivity contribution in [2.24, 2.45) is 0 Å². The lowest BCUT2D eigenvalue weighted by Gasteiger charge is -2.24. The number of ether oxygens (including phenoxy) is 1. The molecule has 2 N–H and O–H groups in total. The predicted molar refractivity (Wildman–Crippen MR) is 81.3 cm³/mol. The number of nitrogens with one attached hydrogen (secondary N) is 2. The number of amides is 1. The first-order chi connectivity index (χ1) is 9.19. The molecule has 1 fully saturated rings. The number of thioether (sulfide) groups is 1. The Morgan fingerprint density at radius 2 is 2.11 bits per heavy atom. The minimum absolute atomic E-state index is 0.0942. The number of rotatable bonds is 4. The molecule has 0 spiro atoms. The van der Waals surface area contributed by atoms with Gasteiger partial charge in [0.15, 0.2) is 0 Å². The summed E-state index contributed by atoms with van der Waals surface area (Å²) < 4.78 is 5.32. The van der Waals surface area contributed by atoms with E-state index in [9.17, 15) is 4.79 Å². The number of carbonyl (C=O) groups is 1. The Labute approximate surface area is 118 Å². The predicted octanol–water partition coefficient (Wildman–Crippen LogP) is 2.96. The molecule has 19 heavy (non-hydrogen) atoms. The summed E-state index contributed by atoms with van der Waals surface area (Å²) >= 11 is 2.01. The molecule has 1 aliphatic rings. The number of hydrogen-bond acceptors (Lipinski definition) is 4. The van der Waals surface area contributed by atoms with Crippen molar-refractivity contribution in [2.75, 3.05) is 29.2 Å². The van der Waals surface area contributed by atoms with Crippen LogP contribution in [0.25, 0.3) is 0 Å². The molecule has 0 aliphatic carbocycles. The standard InChI is InChI=1S/C14H20N2O2S/c1-10(17)15-13-4-3-12(9-14(13)18-2)16-11-5-7-19-8-6-11/h3-4,9,11,16H,5-8H2,1-2H3,(H,15,17). The monoisotopic (exact) mass is 280 g/mol. The Hall–Kier alpha value is -1.36. The fourth-order valence-electron chi connectivity index (χ4n) is 2.15. The van der Waals surface area contributed by atoms with Crippen molar-refractivity contribution in [3.63, 3.8) is 0 Å². The van der Waals surface area contributed by atoms with Gasteiger partial charge in [0, 0.05) is 24.7 Å². The second-order valence-corrected chi connectivity index (χ2v) is 5.85. The molecular weight excluding hydrogens is 260 g/mol. The van der Waals surface area contributed by atoms with Crippen LogP contribution >= 0.6 is 11.8 Å². The lowest BCUT2D eigenvalue weighted by atomic mass is 10.1. The first-order valence-electron chi connectivity index (χ1n) is 6.49. The molecule has 4 nitrogen and oxygen atoms in total. The van der Waals surface area contributed by atoms with Crippen LogP contribution in [0.4, 0.5) is 11.4 Å². The number of anilines is 2. The van der Waals surface area contributed by atoms with E-state index < -0.39 is 0 Å². The molecule has 2 rings (SSSR count). The third-order valence-electron chi connectivity index (χ3n) is 3.10. The molecule has 1 aromatic rings. The summed E-state index contributed by atoms with van der Waals surface area (Å²) in [6, 6.07) is 6.33. The van der Waals surface area contributed by atoms with Crippen molar-refractivity contribution in [3.8, 4) is 5.75 Å². The molecule has 0 bridgehead atoms. The number of carbonyl (C=O) groups excluding carboxylic acids is 1. The average molecular weight is 280 g/mol. The van der Waals surface area contributed by atoms with Gasteiger partial charge in [-0.3, -0.25) is 4.79 Å². The highest BCUT2D eigenvalue weighted by Gasteiger charge is 2.14. The molecule has 5 heteroatoms. The molecule has 1 aromatic carbocycles. The average Bonchev–Trinajstić information content (AvgIpc) is 2.41. The molecular formula is C14H20N2O2S. The Balaban J connectivity index is 2.07. The van der Waals surface area contributed by atoms with Gasteiger partial charge in [-0.2, -0.15) is 11.8 Å². The Morgan fingerprint density at radius 1 is 1.37 bits per heavy atom. The summed E-state index contributed by atoms with van der Waals surface area (Å²) in [5.41, 5.74) is 1.75. The normalized spacial score (nSPS) is 15.9. The number of hydrogen-bond donors (Lipinski definition) is 2. The van der Waals surface area contributed by atoms with E-state index in [1.165, 1.54) is 31.3 Å². The lowest BCUT2D eigenvalue weighted by Crippen LogP contribution is -2.24. The fraction of sp³-hybridized carbons (Fsp3) is 0.500. The topological polar surface area (TPSA) is 50.4 Å². The van der Waals surface area contributed by atoms with E-state index in [0.717, 1.165) is 5.69 Å². The van der Waals surface area contributed by atoms with E-state index in [0.29, 0.717) is 17.5 Å². The van der Waals surface area contributed by atoms with Gasteiger partial charge in [-0.1, -0.05) is 0 Å². The minimum Gasteiger partial charge on any atom is -0.494 e. The molecule has 1 heterocycles. The highest BCUT2D eigenvalue weighted by molar-refractivity contribution is 7.99. The summed E-state index contributed by atoms with van der Waals surface area (Å²) in [5, 5.41) is 6.29. The highest BCUT2D eigenvalue weighted by Crippen LogP contribution is 2.29. The quantitative estimate of drug-likeness (QED) is 0.890. The summed E-state index contributed by atoms with van der Waals surface area (Å²) in [5.74, 6) is 3.03. The largest absolute Gasteiger partial charge is 0.494 e. The number of methoxy groups -OCH3 is 1. The van der Waals surface area contributed by atoms with Crippen LogP contribution in [0.1, 0.15) is 19.8 Å². The van der Waals surface area contributed by atoms with Gasteiger partial charge in [-0.25, -0.2) is 0 Å². The van der Waals surface area contributed by atoms with Crippen molar-refractivity contribution in [3.05, 3.63) is 18.2 Å². The van der Waals surface area contributed by atoms with Crippen LogP contribution in [-0.2, 0) is 4.79 Å². The summed E-state index contributed by atoms with van der Waals surface area (Å²) in [7, 11) is 1.61. The third kappa shape index (κ3) is 4.06. The molecule has 0 aromatic heterocycles. The van der Waals surface area contributed by atoms with Gasteiger partial charge in [0.1, 0.15) is 5.75 Å². The minimum atomic E-state index is -0.0942. The van der Waals surface area contributed by atoms with Crippen LogP contribution < -0.4 is 15.4 Å². The molecule has 1 saturated heterocycles. The molecule has 0 atom stereocenters. The van der Waals surface area contributed by atoms with Crippen LogP contribution in [0.3, 0.4) is 0 Å². The first kappa shape index (κ1) is 14.1. The van der Waals surface area contributed by atoms with E-state index in [-0.39, 0.29) is 5.91 Å². The smallest absolute Gasteiger partial charge is 0.221 e. The SMILES string of the molecule is COc1cc(NC2CCSCC2)ccc1NC(C)=O. The zero-order chi connectivity index (χ0) is 13.7. The van der Waals surface area contributed by atoms with Crippen LogP contribution in [0.2, 0.25) is 0 Å². The molecule has 0 saturated carbocycles. The Morgan fingerprint density at radius 3 is 2.74 bits per heavy atom. The summed E-state index contributed by atoms with van der Waals surface area (Å²) in [4.78, 5) is 11.1. The van der Waals surface area contributed by atoms with E-state index in [4.69, 9.17) is 4.74 Å². The van der Waals surface area contributed by atoms with Crippen molar-refractivity contribution < 1.29 is 9.53 Å².